The molecule has 0 radical (unpaired) electrons. The fourth-order valence-electron chi connectivity index (χ4n) is 3.77. The van der Waals surface area contributed by atoms with Crippen molar-refractivity contribution < 1.29 is 0 Å². The molecule has 0 bridgehead atoms. The molecule has 1 aromatic carbocycles. The summed E-state index contributed by atoms with van der Waals surface area (Å²) in [7, 11) is 6.27. The van der Waals surface area contributed by atoms with E-state index in [-0.39, 0.29) is 0 Å². The number of pyridine rings is 1. The minimum absolute atomic E-state index is 0.544. The number of rotatable bonds is 7. The van der Waals surface area contributed by atoms with Gasteiger partial charge in [0.1, 0.15) is 5.82 Å². The fraction of sp³-hybridized carbons (Fsp3) is 0.333. The van der Waals surface area contributed by atoms with Crippen LogP contribution >= 0.6 is 34.8 Å². The van der Waals surface area contributed by atoms with Gasteiger partial charge in [0, 0.05) is 46.6 Å². The van der Waals surface area contributed by atoms with Gasteiger partial charge >= 0.3 is 0 Å². The summed E-state index contributed by atoms with van der Waals surface area (Å²) in [5.74, 6) is 1.51. The number of fused-ring (bicyclic) bond motifs is 3. The standard InChI is InChI=1S/C24H28IN7S/c1-15-19(8-9-21(27-15)32(4)11-5-10-31(2)3)29-24-26-14-16-12-22(33)28-20-13-17(25)6-7-18(20)23(16)30-24/h6-9,13-14H,5,10-12H2,1-4H3,(H,28,33)(H,26,29,30). The molecule has 0 saturated heterocycles. The molecule has 2 aromatic heterocycles. The Morgan fingerprint density at radius 2 is 1.94 bits per heavy atom. The van der Waals surface area contributed by atoms with Crippen LogP contribution in [0.25, 0.3) is 11.3 Å². The summed E-state index contributed by atoms with van der Waals surface area (Å²) in [5, 5.41) is 6.70. The smallest absolute Gasteiger partial charge is 0.227 e. The molecule has 0 fully saturated rings. The summed E-state index contributed by atoms with van der Waals surface area (Å²) in [4.78, 5) is 19.4. The highest BCUT2D eigenvalue weighted by atomic mass is 127. The van der Waals surface area contributed by atoms with Crippen LogP contribution in [0.1, 0.15) is 17.7 Å². The molecule has 1 aliphatic heterocycles. The lowest BCUT2D eigenvalue weighted by molar-refractivity contribution is 0.401. The lowest BCUT2D eigenvalue weighted by Gasteiger charge is -2.20. The van der Waals surface area contributed by atoms with Crippen LogP contribution in [0, 0.1) is 10.5 Å². The van der Waals surface area contributed by atoms with E-state index in [1.54, 1.807) is 0 Å². The van der Waals surface area contributed by atoms with Crippen LogP contribution in [0.4, 0.5) is 23.1 Å². The number of nitrogens with zero attached hydrogens (tertiary/aromatic N) is 5. The Morgan fingerprint density at radius 3 is 2.70 bits per heavy atom. The lowest BCUT2D eigenvalue weighted by atomic mass is 10.1. The zero-order chi connectivity index (χ0) is 23.5. The number of thiocarbonyl (C=S) groups is 1. The van der Waals surface area contributed by atoms with Gasteiger partial charge in [-0.05, 0) is 86.9 Å². The average Bonchev–Trinajstić information content (AvgIpc) is 2.89. The first-order chi connectivity index (χ1) is 15.8. The predicted molar refractivity (Wildman–Crippen MR) is 149 cm³/mol. The van der Waals surface area contributed by atoms with E-state index in [4.69, 9.17) is 22.2 Å². The van der Waals surface area contributed by atoms with E-state index in [0.717, 1.165) is 67.8 Å². The van der Waals surface area contributed by atoms with Gasteiger partial charge in [-0.2, -0.15) is 0 Å². The third kappa shape index (κ3) is 5.77. The molecule has 2 N–H and O–H groups in total. The van der Waals surface area contributed by atoms with Crippen molar-refractivity contribution in [2.24, 2.45) is 0 Å². The SMILES string of the molecule is Cc1nc(N(C)CCCN(C)C)ccc1Nc1ncc2c(n1)-c1ccc(I)cc1NC(=S)C2. The molecule has 172 valence electrons. The lowest BCUT2D eigenvalue weighted by Crippen LogP contribution is -2.24. The van der Waals surface area contributed by atoms with Crippen molar-refractivity contribution in [1.29, 1.82) is 0 Å². The van der Waals surface area contributed by atoms with Gasteiger partial charge < -0.3 is 20.4 Å². The first kappa shape index (κ1) is 23.8. The quantitative estimate of drug-likeness (QED) is 0.307. The van der Waals surface area contributed by atoms with E-state index in [1.165, 1.54) is 0 Å². The van der Waals surface area contributed by atoms with Gasteiger partial charge in [0.05, 0.1) is 22.1 Å². The maximum absolute atomic E-state index is 5.52. The molecule has 33 heavy (non-hydrogen) atoms. The maximum Gasteiger partial charge on any atom is 0.227 e. The van der Waals surface area contributed by atoms with Crippen molar-refractivity contribution in [1.82, 2.24) is 19.9 Å². The number of hydrogen-bond acceptors (Lipinski definition) is 7. The molecule has 0 amide bonds. The first-order valence-electron chi connectivity index (χ1n) is 10.9. The Morgan fingerprint density at radius 1 is 1.12 bits per heavy atom. The zero-order valence-corrected chi connectivity index (χ0v) is 22.3. The first-order valence-corrected chi connectivity index (χ1v) is 12.3. The van der Waals surface area contributed by atoms with E-state index in [9.17, 15) is 0 Å². The third-order valence-electron chi connectivity index (χ3n) is 5.53. The van der Waals surface area contributed by atoms with Crippen LogP contribution in [0.3, 0.4) is 0 Å². The average molecular weight is 574 g/mol. The molecular weight excluding hydrogens is 545 g/mol. The van der Waals surface area contributed by atoms with E-state index >= 15 is 0 Å². The molecule has 0 saturated carbocycles. The van der Waals surface area contributed by atoms with Crippen molar-refractivity contribution in [3.05, 3.63) is 51.4 Å². The Balaban J connectivity index is 1.56. The Bertz CT molecular complexity index is 1180. The monoisotopic (exact) mass is 573 g/mol. The van der Waals surface area contributed by atoms with Crippen molar-refractivity contribution >= 4 is 62.9 Å². The highest BCUT2D eigenvalue weighted by Crippen LogP contribution is 2.34. The van der Waals surface area contributed by atoms with Gasteiger partial charge in [-0.3, -0.25) is 0 Å². The second-order valence-corrected chi connectivity index (χ2v) is 10.2. The maximum atomic E-state index is 5.52. The molecule has 1 aliphatic rings. The summed E-state index contributed by atoms with van der Waals surface area (Å²) < 4.78 is 1.14. The van der Waals surface area contributed by atoms with Gasteiger partial charge in [0.15, 0.2) is 0 Å². The molecule has 0 aliphatic carbocycles. The predicted octanol–water partition coefficient (Wildman–Crippen LogP) is 4.88. The van der Waals surface area contributed by atoms with E-state index < -0.39 is 0 Å². The zero-order valence-electron chi connectivity index (χ0n) is 19.3. The van der Waals surface area contributed by atoms with Gasteiger partial charge in [0.2, 0.25) is 5.95 Å². The summed E-state index contributed by atoms with van der Waals surface area (Å²) in [6.45, 7) is 4.02. The van der Waals surface area contributed by atoms with Crippen molar-refractivity contribution in [2.45, 2.75) is 19.8 Å². The van der Waals surface area contributed by atoms with Crippen LogP contribution in [0.15, 0.2) is 36.5 Å². The molecule has 7 nitrogen and oxygen atoms in total. The van der Waals surface area contributed by atoms with Gasteiger partial charge in [-0.1, -0.05) is 12.2 Å². The third-order valence-corrected chi connectivity index (χ3v) is 6.45. The number of aromatic nitrogens is 3. The summed E-state index contributed by atoms with van der Waals surface area (Å²) >= 11 is 7.82. The van der Waals surface area contributed by atoms with Crippen LogP contribution < -0.4 is 15.5 Å². The molecule has 4 rings (SSSR count). The minimum Gasteiger partial charge on any atom is -0.360 e. The van der Waals surface area contributed by atoms with Gasteiger partial charge in [0.25, 0.3) is 0 Å². The summed E-state index contributed by atoms with van der Waals surface area (Å²) in [6.07, 6.45) is 3.57. The number of anilines is 4. The Kier molecular flexibility index (Phi) is 7.40. The molecule has 9 heteroatoms. The second kappa shape index (κ2) is 10.3. The van der Waals surface area contributed by atoms with Gasteiger partial charge in [-0.15, -0.1) is 0 Å². The fourth-order valence-corrected chi connectivity index (χ4v) is 4.53. The van der Waals surface area contributed by atoms with Crippen molar-refractivity contribution in [2.75, 3.05) is 49.8 Å². The Labute approximate surface area is 214 Å². The van der Waals surface area contributed by atoms with Crippen molar-refractivity contribution in [3.63, 3.8) is 0 Å². The van der Waals surface area contributed by atoms with Crippen LogP contribution in [0.5, 0.6) is 0 Å². The van der Waals surface area contributed by atoms with Crippen LogP contribution in [-0.4, -0.2) is 59.1 Å². The van der Waals surface area contributed by atoms with E-state index in [2.05, 4.69) is 87.4 Å². The van der Waals surface area contributed by atoms with Crippen LogP contribution in [0.2, 0.25) is 0 Å². The molecule has 0 atom stereocenters. The summed E-state index contributed by atoms with van der Waals surface area (Å²) in [5.41, 5.74) is 5.72. The van der Waals surface area contributed by atoms with E-state index in [1.807, 2.05) is 25.3 Å². The largest absolute Gasteiger partial charge is 0.360 e. The second-order valence-electron chi connectivity index (χ2n) is 8.49. The topological polar surface area (TPSA) is 69.2 Å². The number of halogens is 1. The number of aryl methyl sites for hydroxylation is 1. The van der Waals surface area contributed by atoms with Crippen molar-refractivity contribution in [3.8, 4) is 11.3 Å². The molecule has 0 unspecified atom stereocenters. The Hall–Kier alpha value is -2.37. The molecule has 3 aromatic rings. The molecule has 3 heterocycles. The number of nitrogens with one attached hydrogen (secondary N) is 2. The molecular formula is C24H28IN7S. The van der Waals surface area contributed by atoms with Gasteiger partial charge in [-0.25, -0.2) is 15.0 Å². The number of hydrogen-bond donors (Lipinski definition) is 2. The highest BCUT2D eigenvalue weighted by Gasteiger charge is 2.20. The minimum atomic E-state index is 0.544. The normalized spacial score (nSPS) is 12.6. The highest BCUT2D eigenvalue weighted by molar-refractivity contribution is 14.1. The van der Waals surface area contributed by atoms with Crippen LogP contribution in [-0.2, 0) is 6.42 Å². The number of benzene rings is 1. The summed E-state index contributed by atoms with van der Waals surface area (Å²) in [6, 6.07) is 10.3. The molecule has 0 spiro atoms. The van der Waals surface area contributed by atoms with E-state index in [0.29, 0.717) is 12.4 Å².